The standard InChI is InChI=1S/C28H32N4O4/c1-18(2)22-14-23(26(34)15-25(22)33)28-30-17-24(19-4-7-21(35-3)8-5-19)32(28)20-6-9-27(29-16-20)31-10-12-36-13-11-31/h4-9,14-18,24,28,33-34H,10-13H2,1-3H3. The van der Waals surface area contributed by atoms with Crippen LogP contribution in [-0.4, -0.2) is 54.8 Å². The molecule has 8 heteroatoms. The third-order valence-electron chi connectivity index (χ3n) is 6.83. The van der Waals surface area contributed by atoms with Crippen molar-refractivity contribution in [2.75, 3.05) is 43.2 Å². The quantitative estimate of drug-likeness (QED) is 0.515. The number of nitrogens with zero attached hydrogens (tertiary/aromatic N) is 4. The van der Waals surface area contributed by atoms with E-state index >= 15 is 0 Å². The number of anilines is 2. The van der Waals surface area contributed by atoms with Gasteiger partial charge in [-0.3, -0.25) is 4.99 Å². The molecule has 1 saturated heterocycles. The molecule has 8 nitrogen and oxygen atoms in total. The second-order valence-corrected chi connectivity index (χ2v) is 9.40. The lowest BCUT2D eigenvalue weighted by molar-refractivity contribution is 0.122. The Kier molecular flexibility index (Phi) is 6.69. The average Bonchev–Trinajstić information content (AvgIpc) is 3.34. The molecule has 3 aromatic rings. The van der Waals surface area contributed by atoms with Gasteiger partial charge in [0.15, 0.2) is 6.17 Å². The van der Waals surface area contributed by atoms with Gasteiger partial charge in [0.1, 0.15) is 23.1 Å². The highest BCUT2D eigenvalue weighted by molar-refractivity contribution is 5.78. The van der Waals surface area contributed by atoms with Crippen molar-refractivity contribution < 1.29 is 19.7 Å². The van der Waals surface area contributed by atoms with Gasteiger partial charge in [0.2, 0.25) is 0 Å². The molecule has 1 fully saturated rings. The van der Waals surface area contributed by atoms with Crippen molar-refractivity contribution in [2.45, 2.75) is 32.0 Å². The molecule has 2 aliphatic rings. The smallest absolute Gasteiger partial charge is 0.151 e. The van der Waals surface area contributed by atoms with E-state index in [-0.39, 0.29) is 23.5 Å². The number of rotatable bonds is 6. The van der Waals surface area contributed by atoms with Gasteiger partial charge in [-0.15, -0.1) is 0 Å². The van der Waals surface area contributed by atoms with Crippen molar-refractivity contribution in [2.24, 2.45) is 4.99 Å². The minimum Gasteiger partial charge on any atom is -0.508 e. The molecular weight excluding hydrogens is 456 g/mol. The van der Waals surface area contributed by atoms with Crippen LogP contribution in [0.1, 0.15) is 48.7 Å². The maximum Gasteiger partial charge on any atom is 0.151 e. The highest BCUT2D eigenvalue weighted by Crippen LogP contribution is 2.45. The van der Waals surface area contributed by atoms with Crippen molar-refractivity contribution in [3.63, 3.8) is 0 Å². The molecule has 0 aliphatic carbocycles. The minimum atomic E-state index is -0.480. The van der Waals surface area contributed by atoms with E-state index in [1.807, 2.05) is 62.7 Å². The van der Waals surface area contributed by atoms with Gasteiger partial charge in [-0.1, -0.05) is 26.0 Å². The molecule has 2 atom stereocenters. The van der Waals surface area contributed by atoms with Crippen LogP contribution in [0.4, 0.5) is 11.5 Å². The Labute approximate surface area is 211 Å². The van der Waals surface area contributed by atoms with Gasteiger partial charge in [-0.05, 0) is 47.4 Å². The van der Waals surface area contributed by atoms with Crippen molar-refractivity contribution in [1.29, 1.82) is 0 Å². The van der Waals surface area contributed by atoms with Crippen LogP contribution in [0.2, 0.25) is 0 Å². The fourth-order valence-corrected chi connectivity index (χ4v) is 4.83. The highest BCUT2D eigenvalue weighted by Gasteiger charge is 2.35. The van der Waals surface area contributed by atoms with Crippen LogP contribution in [-0.2, 0) is 4.74 Å². The molecule has 2 N–H and O–H groups in total. The van der Waals surface area contributed by atoms with Crippen LogP contribution in [0.15, 0.2) is 59.7 Å². The van der Waals surface area contributed by atoms with Crippen molar-refractivity contribution in [3.05, 3.63) is 71.4 Å². The summed E-state index contributed by atoms with van der Waals surface area (Å²) < 4.78 is 10.8. The molecule has 0 radical (unpaired) electrons. The van der Waals surface area contributed by atoms with Gasteiger partial charge in [0.25, 0.3) is 0 Å². The summed E-state index contributed by atoms with van der Waals surface area (Å²) in [7, 11) is 1.65. The maximum atomic E-state index is 10.9. The van der Waals surface area contributed by atoms with E-state index in [1.165, 1.54) is 6.07 Å². The van der Waals surface area contributed by atoms with E-state index in [2.05, 4.69) is 15.9 Å². The number of aliphatic imine (C=N–C) groups is 1. The van der Waals surface area contributed by atoms with Crippen LogP contribution >= 0.6 is 0 Å². The molecule has 188 valence electrons. The molecule has 3 heterocycles. The Hall–Kier alpha value is -3.78. The lowest BCUT2D eigenvalue weighted by Gasteiger charge is -2.33. The predicted octanol–water partition coefficient (Wildman–Crippen LogP) is 4.79. The Balaban J connectivity index is 1.55. The van der Waals surface area contributed by atoms with Crippen LogP contribution in [0.25, 0.3) is 0 Å². The number of hydrogen-bond donors (Lipinski definition) is 2. The lowest BCUT2D eigenvalue weighted by Crippen LogP contribution is -2.36. The second-order valence-electron chi connectivity index (χ2n) is 9.40. The number of phenols is 2. The van der Waals surface area contributed by atoms with Crippen LogP contribution in [0.5, 0.6) is 17.2 Å². The number of pyridine rings is 1. The SMILES string of the molecule is COc1ccc(C2C=NC(c3cc(C(C)C)c(O)cc3O)N2c2ccc(N3CCOCC3)nc2)cc1. The Morgan fingerprint density at radius 3 is 2.39 bits per heavy atom. The van der Waals surface area contributed by atoms with E-state index < -0.39 is 6.17 Å². The van der Waals surface area contributed by atoms with E-state index in [0.29, 0.717) is 18.8 Å². The molecule has 2 aliphatic heterocycles. The number of ether oxygens (including phenoxy) is 2. The topological polar surface area (TPSA) is 90.6 Å². The van der Waals surface area contributed by atoms with Gasteiger partial charge in [0.05, 0.1) is 38.2 Å². The first-order valence-corrected chi connectivity index (χ1v) is 12.3. The largest absolute Gasteiger partial charge is 0.508 e. The predicted molar refractivity (Wildman–Crippen MR) is 141 cm³/mol. The summed E-state index contributed by atoms with van der Waals surface area (Å²) >= 11 is 0. The van der Waals surface area contributed by atoms with Gasteiger partial charge < -0.3 is 29.5 Å². The number of morpholine rings is 1. The van der Waals surface area contributed by atoms with Gasteiger partial charge in [0, 0.05) is 30.9 Å². The lowest BCUT2D eigenvalue weighted by atomic mass is 9.97. The van der Waals surface area contributed by atoms with Crippen molar-refractivity contribution in [1.82, 2.24) is 4.98 Å². The summed E-state index contributed by atoms with van der Waals surface area (Å²) in [4.78, 5) is 14.0. The molecule has 1 aromatic heterocycles. The monoisotopic (exact) mass is 488 g/mol. The Morgan fingerprint density at radius 2 is 1.75 bits per heavy atom. The Bertz CT molecular complexity index is 1220. The molecular formula is C28H32N4O4. The third kappa shape index (κ3) is 4.56. The number of benzene rings is 2. The molecule has 0 bridgehead atoms. The van der Waals surface area contributed by atoms with E-state index in [0.717, 1.165) is 41.5 Å². The third-order valence-corrected chi connectivity index (χ3v) is 6.83. The van der Waals surface area contributed by atoms with Gasteiger partial charge >= 0.3 is 0 Å². The zero-order chi connectivity index (χ0) is 25.2. The summed E-state index contributed by atoms with van der Waals surface area (Å²) in [5, 5.41) is 21.2. The van der Waals surface area contributed by atoms with Crippen molar-refractivity contribution >= 4 is 17.7 Å². The molecule has 0 saturated carbocycles. The number of aromatic hydroxyl groups is 2. The molecule has 5 rings (SSSR count). The van der Waals surface area contributed by atoms with Crippen LogP contribution < -0.4 is 14.5 Å². The minimum absolute atomic E-state index is 0.0114. The molecule has 0 amide bonds. The van der Waals surface area contributed by atoms with E-state index in [9.17, 15) is 10.2 Å². The number of hydrogen-bond acceptors (Lipinski definition) is 8. The van der Waals surface area contributed by atoms with E-state index in [1.54, 1.807) is 7.11 Å². The van der Waals surface area contributed by atoms with Crippen molar-refractivity contribution in [3.8, 4) is 17.2 Å². The molecule has 36 heavy (non-hydrogen) atoms. The van der Waals surface area contributed by atoms with Gasteiger partial charge in [-0.25, -0.2) is 4.98 Å². The normalized spacial score (nSPS) is 19.8. The summed E-state index contributed by atoms with van der Waals surface area (Å²) in [5.74, 6) is 1.88. The fraction of sp³-hybridized carbons (Fsp3) is 0.357. The fourth-order valence-electron chi connectivity index (χ4n) is 4.83. The number of aromatic nitrogens is 1. The number of phenolic OH excluding ortho intramolecular Hbond substituents is 2. The molecule has 0 spiro atoms. The second kappa shape index (κ2) is 10.1. The average molecular weight is 489 g/mol. The molecule has 2 unspecified atom stereocenters. The van der Waals surface area contributed by atoms with Gasteiger partial charge in [-0.2, -0.15) is 0 Å². The first-order valence-electron chi connectivity index (χ1n) is 12.3. The first-order chi connectivity index (χ1) is 17.5. The summed E-state index contributed by atoms with van der Waals surface area (Å²) in [6.07, 6.45) is 3.29. The zero-order valence-corrected chi connectivity index (χ0v) is 20.8. The highest BCUT2D eigenvalue weighted by atomic mass is 16.5. The summed E-state index contributed by atoms with van der Waals surface area (Å²) in [6, 6.07) is 15.1. The van der Waals surface area contributed by atoms with E-state index in [4.69, 9.17) is 19.5 Å². The maximum absolute atomic E-state index is 10.9. The molecule has 2 aromatic carbocycles. The zero-order valence-electron chi connectivity index (χ0n) is 20.8. The first kappa shape index (κ1) is 23.9. The number of methoxy groups -OCH3 is 1. The summed E-state index contributed by atoms with van der Waals surface area (Å²) in [6.45, 7) is 7.05. The summed E-state index contributed by atoms with van der Waals surface area (Å²) in [5.41, 5.74) is 3.34. The Morgan fingerprint density at radius 1 is 1.00 bits per heavy atom. The van der Waals surface area contributed by atoms with Crippen LogP contribution in [0.3, 0.4) is 0 Å². The van der Waals surface area contributed by atoms with Crippen LogP contribution in [0, 0.1) is 0 Å².